The van der Waals surface area contributed by atoms with Gasteiger partial charge in [-0.25, -0.2) is 0 Å². The number of hydrogen-bond donors (Lipinski definition) is 1. The van der Waals surface area contributed by atoms with Crippen LogP contribution in [0.5, 0.6) is 5.75 Å². The van der Waals surface area contributed by atoms with E-state index in [1.165, 1.54) is 0 Å². The number of carbonyl (C=O) groups is 1. The zero-order chi connectivity index (χ0) is 22.1. The first-order chi connectivity index (χ1) is 15.2. The van der Waals surface area contributed by atoms with Crippen LogP contribution in [0.1, 0.15) is 12.5 Å². The Hall–Kier alpha value is -3.22. The molecule has 0 radical (unpaired) electrons. The number of anilines is 1. The monoisotopic (exact) mass is 423 g/mol. The van der Waals surface area contributed by atoms with E-state index in [1.807, 2.05) is 60.4 Å². The molecule has 2 aromatic carbocycles. The number of guanidine groups is 1. The van der Waals surface area contributed by atoms with Crippen molar-refractivity contribution in [1.29, 1.82) is 0 Å². The Morgan fingerprint density at radius 2 is 1.74 bits per heavy atom. The summed E-state index contributed by atoms with van der Waals surface area (Å²) in [6.07, 6.45) is 0. The Balaban J connectivity index is 1.52. The van der Waals surface area contributed by atoms with E-state index in [2.05, 4.69) is 26.2 Å². The number of aliphatic imine (C=N–C) groups is 1. The molecule has 0 bridgehead atoms. The molecule has 166 valence electrons. The number of likely N-dealkylation sites (N-methyl/N-ethyl adjacent to an activating group) is 1. The molecule has 0 aromatic heterocycles. The fourth-order valence-electron chi connectivity index (χ4n) is 3.83. The third-order valence-electron chi connectivity index (χ3n) is 5.57. The third kappa shape index (κ3) is 5.90. The first kappa shape index (κ1) is 22.5. The topological polar surface area (TPSA) is 60.4 Å². The van der Waals surface area contributed by atoms with Crippen molar-refractivity contribution in [3.8, 4) is 5.75 Å². The molecule has 0 unspecified atom stereocenters. The summed E-state index contributed by atoms with van der Waals surface area (Å²) in [5.41, 5.74) is 2.25. The van der Waals surface area contributed by atoms with Crippen molar-refractivity contribution in [3.63, 3.8) is 0 Å². The van der Waals surface area contributed by atoms with Crippen molar-refractivity contribution in [3.05, 3.63) is 60.2 Å². The van der Waals surface area contributed by atoms with Gasteiger partial charge < -0.3 is 24.8 Å². The second kappa shape index (κ2) is 11.2. The number of amides is 1. The zero-order valence-corrected chi connectivity index (χ0v) is 18.8. The van der Waals surface area contributed by atoms with Crippen LogP contribution in [0.25, 0.3) is 0 Å². The smallest absolute Gasteiger partial charge is 0.242 e. The molecule has 1 N–H and O–H groups in total. The molecule has 7 heteroatoms. The minimum atomic E-state index is 0.0696. The van der Waals surface area contributed by atoms with Crippen LogP contribution in [0.3, 0.4) is 0 Å². The molecule has 1 aliphatic heterocycles. The normalized spacial score (nSPS) is 14.4. The van der Waals surface area contributed by atoms with Gasteiger partial charge in [0.15, 0.2) is 5.96 Å². The molecule has 0 saturated carbocycles. The van der Waals surface area contributed by atoms with Gasteiger partial charge in [-0.15, -0.1) is 0 Å². The predicted octanol–water partition coefficient (Wildman–Crippen LogP) is 2.44. The van der Waals surface area contributed by atoms with Crippen LogP contribution in [0, 0.1) is 0 Å². The van der Waals surface area contributed by atoms with E-state index in [0.717, 1.165) is 49.1 Å². The van der Waals surface area contributed by atoms with E-state index in [0.29, 0.717) is 13.1 Å². The molecule has 1 fully saturated rings. The minimum absolute atomic E-state index is 0.0696. The van der Waals surface area contributed by atoms with E-state index in [9.17, 15) is 4.79 Å². The number of nitrogens with one attached hydrogen (secondary N) is 1. The van der Waals surface area contributed by atoms with E-state index in [-0.39, 0.29) is 12.5 Å². The number of benzene rings is 2. The summed E-state index contributed by atoms with van der Waals surface area (Å²) in [7, 11) is 3.47. The van der Waals surface area contributed by atoms with Crippen molar-refractivity contribution in [2.45, 2.75) is 13.5 Å². The highest BCUT2D eigenvalue weighted by Gasteiger charge is 2.22. The summed E-state index contributed by atoms with van der Waals surface area (Å²) in [4.78, 5) is 23.5. The number of para-hydroxylation sites is 2. The Kier molecular flexibility index (Phi) is 8.15. The number of hydrogen-bond acceptors (Lipinski definition) is 4. The Morgan fingerprint density at radius 3 is 2.39 bits per heavy atom. The van der Waals surface area contributed by atoms with Gasteiger partial charge in [0.25, 0.3) is 0 Å². The van der Waals surface area contributed by atoms with Gasteiger partial charge in [0.05, 0.1) is 19.3 Å². The van der Waals surface area contributed by atoms with Crippen LogP contribution >= 0.6 is 0 Å². The van der Waals surface area contributed by atoms with Crippen molar-refractivity contribution < 1.29 is 9.53 Å². The highest BCUT2D eigenvalue weighted by Crippen LogP contribution is 2.28. The largest absolute Gasteiger partial charge is 0.495 e. The molecule has 0 spiro atoms. The van der Waals surface area contributed by atoms with Gasteiger partial charge in [-0.05, 0) is 24.6 Å². The lowest BCUT2D eigenvalue weighted by molar-refractivity contribution is -0.130. The van der Waals surface area contributed by atoms with Crippen LogP contribution in [0.15, 0.2) is 59.6 Å². The lowest BCUT2D eigenvalue weighted by atomic mass is 10.2. The van der Waals surface area contributed by atoms with Crippen LogP contribution < -0.4 is 15.0 Å². The summed E-state index contributed by atoms with van der Waals surface area (Å²) in [5.74, 6) is 1.73. The van der Waals surface area contributed by atoms with E-state index >= 15 is 0 Å². The van der Waals surface area contributed by atoms with E-state index in [1.54, 1.807) is 14.2 Å². The van der Waals surface area contributed by atoms with Crippen LogP contribution in [-0.2, 0) is 11.3 Å². The van der Waals surface area contributed by atoms with Gasteiger partial charge in [-0.3, -0.25) is 9.79 Å². The predicted molar refractivity (Wildman–Crippen MR) is 126 cm³/mol. The first-order valence-electron chi connectivity index (χ1n) is 10.8. The van der Waals surface area contributed by atoms with Gasteiger partial charge in [-0.1, -0.05) is 42.5 Å². The van der Waals surface area contributed by atoms with Crippen molar-refractivity contribution >= 4 is 17.6 Å². The fraction of sp³-hybridized carbons (Fsp3) is 0.417. The molecular formula is C24H33N5O2. The quantitative estimate of drug-likeness (QED) is 0.548. The van der Waals surface area contributed by atoms with Gasteiger partial charge >= 0.3 is 0 Å². The van der Waals surface area contributed by atoms with E-state index in [4.69, 9.17) is 4.74 Å². The van der Waals surface area contributed by atoms with Crippen molar-refractivity contribution in [1.82, 2.24) is 15.1 Å². The lowest BCUT2D eigenvalue weighted by Crippen LogP contribution is -2.54. The zero-order valence-electron chi connectivity index (χ0n) is 18.8. The summed E-state index contributed by atoms with van der Waals surface area (Å²) in [6, 6.07) is 18.2. The second-order valence-electron chi connectivity index (χ2n) is 7.44. The highest BCUT2D eigenvalue weighted by molar-refractivity contribution is 5.86. The van der Waals surface area contributed by atoms with Crippen LogP contribution in [-0.4, -0.2) is 75.1 Å². The SMILES string of the molecule is CCN(Cc1ccccc1)C(=O)CNC(=NC)N1CCN(c2ccccc2OC)CC1. The average Bonchev–Trinajstić information content (AvgIpc) is 2.83. The molecule has 0 aliphatic carbocycles. The number of nitrogens with zero attached hydrogens (tertiary/aromatic N) is 4. The van der Waals surface area contributed by atoms with Gasteiger partial charge in [0.1, 0.15) is 5.75 Å². The number of rotatable bonds is 7. The molecule has 3 rings (SSSR count). The second-order valence-corrected chi connectivity index (χ2v) is 7.44. The molecule has 1 aliphatic rings. The van der Waals surface area contributed by atoms with Gasteiger partial charge in [0, 0.05) is 46.3 Å². The number of piperazine rings is 1. The molecule has 0 atom stereocenters. The number of ether oxygens (including phenoxy) is 1. The van der Waals surface area contributed by atoms with Gasteiger partial charge in [0.2, 0.25) is 5.91 Å². The Morgan fingerprint density at radius 1 is 1.06 bits per heavy atom. The molecule has 1 heterocycles. The number of methoxy groups -OCH3 is 1. The Labute approximate surface area is 185 Å². The molecule has 2 aromatic rings. The molecular weight excluding hydrogens is 390 g/mol. The molecule has 7 nitrogen and oxygen atoms in total. The summed E-state index contributed by atoms with van der Waals surface area (Å²) < 4.78 is 5.50. The minimum Gasteiger partial charge on any atom is -0.495 e. The molecule has 31 heavy (non-hydrogen) atoms. The summed E-state index contributed by atoms with van der Waals surface area (Å²) >= 11 is 0. The lowest BCUT2D eigenvalue weighted by Gasteiger charge is -2.38. The van der Waals surface area contributed by atoms with Crippen molar-refractivity contribution in [2.24, 2.45) is 4.99 Å². The van der Waals surface area contributed by atoms with Crippen LogP contribution in [0.4, 0.5) is 5.69 Å². The summed E-state index contributed by atoms with van der Waals surface area (Å²) in [6.45, 7) is 6.92. The average molecular weight is 424 g/mol. The Bertz CT molecular complexity index is 863. The fourth-order valence-corrected chi connectivity index (χ4v) is 3.83. The molecule has 1 amide bonds. The van der Waals surface area contributed by atoms with E-state index < -0.39 is 0 Å². The summed E-state index contributed by atoms with van der Waals surface area (Å²) in [5, 5.41) is 3.26. The maximum Gasteiger partial charge on any atom is 0.242 e. The molecule has 1 saturated heterocycles. The standard InChI is InChI=1S/C24H33N5O2/c1-4-27(19-20-10-6-5-7-11-20)23(30)18-26-24(25-2)29-16-14-28(15-17-29)21-12-8-9-13-22(21)31-3/h5-13H,4,14-19H2,1-3H3,(H,25,26). The first-order valence-corrected chi connectivity index (χ1v) is 10.8. The van der Waals surface area contributed by atoms with Gasteiger partial charge in [-0.2, -0.15) is 0 Å². The third-order valence-corrected chi connectivity index (χ3v) is 5.57. The number of carbonyl (C=O) groups excluding carboxylic acids is 1. The highest BCUT2D eigenvalue weighted by atomic mass is 16.5. The van der Waals surface area contributed by atoms with Crippen molar-refractivity contribution in [2.75, 3.05) is 58.3 Å². The maximum absolute atomic E-state index is 12.8. The maximum atomic E-state index is 12.8. The van der Waals surface area contributed by atoms with Crippen LogP contribution in [0.2, 0.25) is 0 Å².